The zero-order chi connectivity index (χ0) is 25.5. The minimum Gasteiger partial charge on any atom is -0.507 e. The summed E-state index contributed by atoms with van der Waals surface area (Å²) in [4.78, 5) is 13.9. The van der Waals surface area contributed by atoms with Gasteiger partial charge in [-0.3, -0.25) is 0 Å². The molecule has 1 N–H and O–H groups in total. The number of hydrogen-bond donors (Lipinski definition) is 1. The molecule has 0 unspecified atom stereocenters. The molecule has 0 atom stereocenters. The molecule has 0 aliphatic carbocycles. The Hall–Kier alpha value is -3.79. The van der Waals surface area contributed by atoms with E-state index in [-0.39, 0.29) is 16.6 Å². The second-order valence-corrected chi connectivity index (χ2v) is 11.0. The molecular formula is C31H33N3O. The summed E-state index contributed by atoms with van der Waals surface area (Å²) in [5, 5.41) is 13.7. The summed E-state index contributed by atoms with van der Waals surface area (Å²) in [5.41, 5.74) is 4.41. The number of hydrogen-bond acceptors (Lipinski definition) is 4. The number of phenols is 1. The lowest BCUT2D eigenvalue weighted by Crippen LogP contribution is -2.19. The molecule has 4 aromatic rings. The number of aromatic hydroxyl groups is 1. The molecule has 178 valence electrons. The van der Waals surface area contributed by atoms with Crippen molar-refractivity contribution in [3.8, 4) is 17.1 Å². The summed E-state index contributed by atoms with van der Waals surface area (Å²) in [6.45, 7) is 20.9. The molecule has 4 rings (SSSR count). The van der Waals surface area contributed by atoms with Crippen molar-refractivity contribution < 1.29 is 5.11 Å². The summed E-state index contributed by atoms with van der Waals surface area (Å²) in [7, 11) is 0. The Kier molecular flexibility index (Phi) is 6.10. The number of benzene rings is 3. The minimum atomic E-state index is -0.363. The first-order valence-electron chi connectivity index (χ1n) is 11.8. The molecule has 0 spiro atoms. The average molecular weight is 464 g/mol. The molecular weight excluding hydrogens is 430 g/mol. The quantitative estimate of drug-likeness (QED) is 0.337. The second-order valence-electron chi connectivity index (χ2n) is 11.0. The molecule has 35 heavy (non-hydrogen) atoms. The first-order chi connectivity index (χ1) is 16.4. The molecule has 0 amide bonds. The van der Waals surface area contributed by atoms with Crippen LogP contribution in [0, 0.1) is 0 Å². The van der Waals surface area contributed by atoms with E-state index in [2.05, 4.69) is 82.9 Å². The summed E-state index contributed by atoms with van der Waals surface area (Å²) in [5.74, 6) is 1.27. The molecule has 0 bridgehead atoms. The van der Waals surface area contributed by atoms with E-state index in [1.54, 1.807) is 0 Å². The Morgan fingerprint density at radius 2 is 1.60 bits per heavy atom. The SMILES string of the molecule is C=Cc1cc(C(C)(C)C)c(O)c(C(C)(C)C)c1-c1ncnc(C(=C)c2cccc3ccccc23)n1. The van der Waals surface area contributed by atoms with Crippen molar-refractivity contribution in [1.29, 1.82) is 0 Å². The van der Waals surface area contributed by atoms with Gasteiger partial charge in [-0.15, -0.1) is 0 Å². The zero-order valence-corrected chi connectivity index (χ0v) is 21.5. The van der Waals surface area contributed by atoms with Gasteiger partial charge in [0.15, 0.2) is 11.6 Å². The number of nitrogens with zero attached hydrogens (tertiary/aromatic N) is 3. The van der Waals surface area contributed by atoms with Crippen LogP contribution < -0.4 is 0 Å². The maximum Gasteiger partial charge on any atom is 0.164 e. The lowest BCUT2D eigenvalue weighted by atomic mass is 9.75. The van der Waals surface area contributed by atoms with Gasteiger partial charge in [0.05, 0.1) is 0 Å². The van der Waals surface area contributed by atoms with Crippen molar-refractivity contribution in [3.63, 3.8) is 0 Å². The standard InChI is InChI=1S/C31H33N3O/c1-9-20-17-24(30(3,4)5)27(35)26(31(6,7)8)25(20)29-33-18-32-28(34-29)19(2)22-16-12-14-21-13-10-11-15-23(21)22/h9-18,35H,1-2H2,3-8H3. The molecule has 1 heterocycles. The molecule has 4 heteroatoms. The zero-order valence-electron chi connectivity index (χ0n) is 21.5. The third kappa shape index (κ3) is 4.49. The smallest absolute Gasteiger partial charge is 0.164 e. The van der Waals surface area contributed by atoms with Crippen molar-refractivity contribution in [3.05, 3.63) is 96.1 Å². The van der Waals surface area contributed by atoms with Gasteiger partial charge >= 0.3 is 0 Å². The van der Waals surface area contributed by atoms with Gasteiger partial charge in [0.25, 0.3) is 0 Å². The van der Waals surface area contributed by atoms with Gasteiger partial charge in [-0.1, -0.05) is 103 Å². The van der Waals surface area contributed by atoms with Gasteiger partial charge in [-0.2, -0.15) is 0 Å². The Labute approximate surface area is 208 Å². The molecule has 0 fully saturated rings. The van der Waals surface area contributed by atoms with Gasteiger partial charge in [0.2, 0.25) is 0 Å². The van der Waals surface area contributed by atoms with Crippen LogP contribution in [0.1, 0.15) is 69.6 Å². The van der Waals surface area contributed by atoms with Crippen LogP contribution in [-0.4, -0.2) is 20.1 Å². The van der Waals surface area contributed by atoms with Crippen molar-refractivity contribution in [2.75, 3.05) is 0 Å². The number of fused-ring (bicyclic) bond motifs is 1. The van der Waals surface area contributed by atoms with Gasteiger partial charge in [0, 0.05) is 22.3 Å². The molecule has 0 saturated carbocycles. The molecule has 0 aliphatic rings. The van der Waals surface area contributed by atoms with Crippen molar-refractivity contribution >= 4 is 22.4 Å². The number of phenolic OH excluding ortho intramolecular Hbond substituents is 1. The minimum absolute atomic E-state index is 0.243. The highest BCUT2D eigenvalue weighted by molar-refractivity contribution is 5.96. The highest BCUT2D eigenvalue weighted by atomic mass is 16.3. The van der Waals surface area contributed by atoms with E-state index < -0.39 is 0 Å². The van der Waals surface area contributed by atoms with Gasteiger partial charge in [-0.05, 0) is 38.8 Å². The molecule has 1 aromatic heterocycles. The van der Waals surface area contributed by atoms with E-state index >= 15 is 0 Å². The maximum atomic E-state index is 11.5. The lowest BCUT2D eigenvalue weighted by Gasteiger charge is -2.30. The van der Waals surface area contributed by atoms with Gasteiger partial charge < -0.3 is 5.11 Å². The molecule has 4 nitrogen and oxygen atoms in total. The molecule has 3 aromatic carbocycles. The van der Waals surface area contributed by atoms with Crippen LogP contribution in [-0.2, 0) is 10.8 Å². The topological polar surface area (TPSA) is 58.9 Å². The second kappa shape index (κ2) is 8.77. The molecule has 0 radical (unpaired) electrons. The Morgan fingerprint density at radius 1 is 0.914 bits per heavy atom. The number of rotatable bonds is 4. The average Bonchev–Trinajstić information content (AvgIpc) is 2.81. The fraction of sp³-hybridized carbons (Fsp3) is 0.258. The van der Waals surface area contributed by atoms with Crippen LogP contribution in [0.15, 0.2) is 68.0 Å². The maximum absolute atomic E-state index is 11.5. The van der Waals surface area contributed by atoms with E-state index in [1.807, 2.05) is 36.4 Å². The van der Waals surface area contributed by atoms with E-state index in [1.165, 1.54) is 6.33 Å². The summed E-state index contributed by atoms with van der Waals surface area (Å²) in [6, 6.07) is 16.3. The lowest BCUT2D eigenvalue weighted by molar-refractivity contribution is 0.424. The highest BCUT2D eigenvalue weighted by Gasteiger charge is 2.31. The van der Waals surface area contributed by atoms with Crippen LogP contribution in [0.4, 0.5) is 0 Å². The molecule has 0 saturated heterocycles. The highest BCUT2D eigenvalue weighted by Crippen LogP contribution is 2.46. The number of aromatic nitrogens is 3. The Bertz CT molecular complexity index is 1450. The van der Waals surface area contributed by atoms with E-state index in [0.717, 1.165) is 44.2 Å². The van der Waals surface area contributed by atoms with Crippen LogP contribution in [0.2, 0.25) is 0 Å². The van der Waals surface area contributed by atoms with Gasteiger partial charge in [-0.25, -0.2) is 15.0 Å². The largest absolute Gasteiger partial charge is 0.507 e. The Morgan fingerprint density at radius 3 is 2.26 bits per heavy atom. The predicted octanol–water partition coefficient (Wildman–Crippen LogP) is 7.70. The normalized spacial score (nSPS) is 12.1. The molecule has 0 aliphatic heterocycles. The van der Waals surface area contributed by atoms with Crippen molar-refractivity contribution in [2.24, 2.45) is 0 Å². The van der Waals surface area contributed by atoms with E-state index in [0.29, 0.717) is 11.6 Å². The summed E-state index contributed by atoms with van der Waals surface area (Å²) >= 11 is 0. The van der Waals surface area contributed by atoms with Crippen molar-refractivity contribution in [2.45, 2.75) is 52.4 Å². The van der Waals surface area contributed by atoms with Gasteiger partial charge in [0.1, 0.15) is 12.1 Å². The summed E-state index contributed by atoms with van der Waals surface area (Å²) in [6.07, 6.45) is 3.32. The summed E-state index contributed by atoms with van der Waals surface area (Å²) < 4.78 is 0. The van der Waals surface area contributed by atoms with Crippen LogP contribution >= 0.6 is 0 Å². The fourth-order valence-corrected chi connectivity index (χ4v) is 4.57. The predicted molar refractivity (Wildman–Crippen MR) is 147 cm³/mol. The van der Waals surface area contributed by atoms with Crippen LogP contribution in [0.25, 0.3) is 33.8 Å². The first kappa shape index (κ1) is 24.3. The third-order valence-corrected chi connectivity index (χ3v) is 6.29. The first-order valence-corrected chi connectivity index (χ1v) is 11.8. The van der Waals surface area contributed by atoms with Crippen LogP contribution in [0.3, 0.4) is 0 Å². The Balaban J connectivity index is 1.95. The van der Waals surface area contributed by atoms with Crippen LogP contribution in [0.5, 0.6) is 5.75 Å². The fourth-order valence-electron chi connectivity index (χ4n) is 4.57. The van der Waals surface area contributed by atoms with E-state index in [9.17, 15) is 5.11 Å². The van der Waals surface area contributed by atoms with E-state index in [4.69, 9.17) is 4.98 Å². The monoisotopic (exact) mass is 463 g/mol. The van der Waals surface area contributed by atoms with Crippen molar-refractivity contribution in [1.82, 2.24) is 15.0 Å². The third-order valence-electron chi connectivity index (χ3n) is 6.29.